The van der Waals surface area contributed by atoms with Gasteiger partial charge in [-0.1, -0.05) is 42.8 Å². The molecule has 0 aliphatic carbocycles. The highest BCUT2D eigenvalue weighted by atomic mass is 35.5. The van der Waals surface area contributed by atoms with Crippen LogP contribution in [0.3, 0.4) is 0 Å². The van der Waals surface area contributed by atoms with Crippen molar-refractivity contribution in [1.29, 1.82) is 0 Å². The van der Waals surface area contributed by atoms with Gasteiger partial charge in [-0.2, -0.15) is 0 Å². The van der Waals surface area contributed by atoms with Crippen molar-refractivity contribution in [2.75, 3.05) is 13.2 Å². The van der Waals surface area contributed by atoms with Crippen molar-refractivity contribution >= 4 is 17.5 Å². The van der Waals surface area contributed by atoms with Gasteiger partial charge in [0.25, 0.3) is 5.91 Å². The highest BCUT2D eigenvalue weighted by molar-refractivity contribution is 6.32. The molecule has 1 heterocycles. The van der Waals surface area contributed by atoms with Crippen LogP contribution < -0.4 is 19.5 Å². The van der Waals surface area contributed by atoms with Crippen LogP contribution in [0, 0.1) is 0 Å². The molecule has 2 atom stereocenters. The van der Waals surface area contributed by atoms with Gasteiger partial charge in [0, 0.05) is 0 Å². The molecule has 0 radical (unpaired) electrons. The number of ether oxygens (including phenoxy) is 3. The summed E-state index contributed by atoms with van der Waals surface area (Å²) < 4.78 is 17.2. The third kappa shape index (κ3) is 4.37. The largest absolute Gasteiger partial charge is 0.486 e. The summed E-state index contributed by atoms with van der Waals surface area (Å²) in [5.74, 6) is 1.70. The molecule has 2 aromatic rings. The second kappa shape index (κ2) is 8.12. The van der Waals surface area contributed by atoms with E-state index in [0.717, 1.165) is 5.75 Å². The number of hydrogen-bond acceptors (Lipinski definition) is 4. The summed E-state index contributed by atoms with van der Waals surface area (Å²) in [4.78, 5) is 12.4. The quantitative estimate of drug-likeness (QED) is 0.856. The smallest absolute Gasteiger partial charge is 0.261 e. The van der Waals surface area contributed by atoms with Gasteiger partial charge in [0.15, 0.2) is 17.6 Å². The first-order valence-electron chi connectivity index (χ1n) is 8.24. The van der Waals surface area contributed by atoms with E-state index >= 15 is 0 Å². The van der Waals surface area contributed by atoms with Crippen molar-refractivity contribution < 1.29 is 19.0 Å². The Morgan fingerprint density at radius 3 is 2.72 bits per heavy atom. The predicted octanol–water partition coefficient (Wildman–Crippen LogP) is 3.45. The molecule has 0 bridgehead atoms. The van der Waals surface area contributed by atoms with E-state index in [1.54, 1.807) is 12.1 Å². The van der Waals surface area contributed by atoms with Crippen LogP contribution in [0.5, 0.6) is 17.2 Å². The molecule has 132 valence electrons. The third-order valence-electron chi connectivity index (χ3n) is 3.84. The average molecular weight is 362 g/mol. The molecule has 0 spiro atoms. The molecule has 1 amide bonds. The Labute approximate surface area is 151 Å². The summed E-state index contributed by atoms with van der Waals surface area (Å²) in [5.41, 5.74) is 0. The Balaban J connectivity index is 1.54. The van der Waals surface area contributed by atoms with Gasteiger partial charge in [-0.05, 0) is 30.7 Å². The number of rotatable bonds is 6. The first-order valence-corrected chi connectivity index (χ1v) is 8.62. The first kappa shape index (κ1) is 17.4. The molecule has 1 N–H and O–H groups in total. The van der Waals surface area contributed by atoms with Crippen LogP contribution in [-0.2, 0) is 4.79 Å². The second-order valence-electron chi connectivity index (χ2n) is 5.69. The average Bonchev–Trinajstić information content (AvgIpc) is 2.65. The van der Waals surface area contributed by atoms with Crippen LogP contribution in [-0.4, -0.2) is 31.3 Å². The lowest BCUT2D eigenvalue weighted by Crippen LogP contribution is -2.45. The number of carbonyl (C=O) groups excluding carboxylic acids is 1. The fourth-order valence-electron chi connectivity index (χ4n) is 2.51. The summed E-state index contributed by atoms with van der Waals surface area (Å²) in [6.07, 6.45) is -0.324. The minimum atomic E-state index is -0.614. The zero-order chi connectivity index (χ0) is 17.6. The first-order chi connectivity index (χ1) is 12.2. The van der Waals surface area contributed by atoms with Gasteiger partial charge < -0.3 is 19.5 Å². The highest BCUT2D eigenvalue weighted by Crippen LogP contribution is 2.30. The molecule has 6 heteroatoms. The molecule has 0 aromatic heterocycles. The summed E-state index contributed by atoms with van der Waals surface area (Å²) >= 11 is 6.08. The van der Waals surface area contributed by atoms with Crippen molar-refractivity contribution in [2.45, 2.75) is 25.6 Å². The number of fused-ring (bicyclic) bond motifs is 1. The van der Waals surface area contributed by atoms with E-state index in [2.05, 4.69) is 5.32 Å². The molecular weight excluding hydrogens is 342 g/mol. The van der Waals surface area contributed by atoms with E-state index in [-0.39, 0.29) is 12.0 Å². The molecule has 25 heavy (non-hydrogen) atoms. The molecule has 2 aromatic carbocycles. The van der Waals surface area contributed by atoms with E-state index in [0.29, 0.717) is 36.1 Å². The van der Waals surface area contributed by atoms with Crippen LogP contribution >= 0.6 is 11.6 Å². The Kier molecular flexibility index (Phi) is 5.66. The standard InChI is InChI=1S/C19H20ClNO4/c1-2-15(25-16-8-4-3-7-14(16)20)19(22)21-11-13-12-23-17-9-5-6-10-18(17)24-13/h3-10,13,15H,2,11-12H2,1H3,(H,21,22)/t13-,15-/m1/s1. The number of carbonyl (C=O) groups is 1. The molecule has 0 saturated carbocycles. The molecule has 1 aliphatic heterocycles. The number of benzene rings is 2. The van der Waals surface area contributed by atoms with Gasteiger partial charge in [-0.3, -0.25) is 4.79 Å². The van der Waals surface area contributed by atoms with Gasteiger partial charge in [0.1, 0.15) is 18.5 Å². The second-order valence-corrected chi connectivity index (χ2v) is 6.10. The maximum atomic E-state index is 12.4. The summed E-state index contributed by atoms with van der Waals surface area (Å²) in [7, 11) is 0. The van der Waals surface area contributed by atoms with Crippen LogP contribution in [0.25, 0.3) is 0 Å². The van der Waals surface area contributed by atoms with E-state index < -0.39 is 6.10 Å². The maximum Gasteiger partial charge on any atom is 0.261 e. The van der Waals surface area contributed by atoms with Crippen molar-refractivity contribution in [3.63, 3.8) is 0 Å². The zero-order valence-corrected chi connectivity index (χ0v) is 14.7. The number of hydrogen-bond donors (Lipinski definition) is 1. The van der Waals surface area contributed by atoms with E-state index in [9.17, 15) is 4.79 Å². The lowest BCUT2D eigenvalue weighted by Gasteiger charge is -2.27. The van der Waals surface area contributed by atoms with Crippen LogP contribution in [0.1, 0.15) is 13.3 Å². The lowest BCUT2D eigenvalue weighted by atomic mass is 10.2. The van der Waals surface area contributed by atoms with Crippen molar-refractivity contribution in [2.24, 2.45) is 0 Å². The van der Waals surface area contributed by atoms with Crippen molar-refractivity contribution in [3.05, 3.63) is 53.6 Å². The fraction of sp³-hybridized carbons (Fsp3) is 0.316. The van der Waals surface area contributed by atoms with Crippen LogP contribution in [0.15, 0.2) is 48.5 Å². The summed E-state index contributed by atoms with van der Waals surface area (Å²) in [6.45, 7) is 2.62. The molecule has 0 fully saturated rings. The van der Waals surface area contributed by atoms with Crippen LogP contribution in [0.2, 0.25) is 5.02 Å². The van der Waals surface area contributed by atoms with Crippen LogP contribution in [0.4, 0.5) is 0 Å². The molecule has 1 aliphatic rings. The fourth-order valence-corrected chi connectivity index (χ4v) is 2.69. The van der Waals surface area contributed by atoms with E-state index in [1.807, 2.05) is 43.3 Å². The predicted molar refractivity (Wildman–Crippen MR) is 95.5 cm³/mol. The Bertz CT molecular complexity index is 737. The van der Waals surface area contributed by atoms with Gasteiger partial charge in [-0.15, -0.1) is 0 Å². The minimum absolute atomic E-state index is 0.204. The number of amides is 1. The maximum absolute atomic E-state index is 12.4. The summed E-state index contributed by atoms with van der Waals surface area (Å²) in [5, 5.41) is 3.34. The number of para-hydroxylation sites is 3. The topological polar surface area (TPSA) is 56.8 Å². The zero-order valence-electron chi connectivity index (χ0n) is 13.9. The Morgan fingerprint density at radius 1 is 1.24 bits per heavy atom. The third-order valence-corrected chi connectivity index (χ3v) is 4.15. The highest BCUT2D eigenvalue weighted by Gasteiger charge is 2.24. The van der Waals surface area contributed by atoms with Crippen molar-refractivity contribution in [3.8, 4) is 17.2 Å². The monoisotopic (exact) mass is 361 g/mol. The number of halogens is 1. The van der Waals surface area contributed by atoms with Gasteiger partial charge in [0.2, 0.25) is 0 Å². The van der Waals surface area contributed by atoms with Crippen molar-refractivity contribution in [1.82, 2.24) is 5.32 Å². The van der Waals surface area contributed by atoms with Gasteiger partial charge in [0.05, 0.1) is 11.6 Å². The normalized spacial score (nSPS) is 16.8. The Hall–Kier alpha value is -2.40. The van der Waals surface area contributed by atoms with Gasteiger partial charge in [-0.25, -0.2) is 0 Å². The van der Waals surface area contributed by atoms with E-state index in [4.69, 9.17) is 25.8 Å². The summed E-state index contributed by atoms with van der Waals surface area (Å²) in [6, 6.07) is 14.6. The minimum Gasteiger partial charge on any atom is -0.486 e. The van der Waals surface area contributed by atoms with Gasteiger partial charge >= 0.3 is 0 Å². The molecular formula is C19H20ClNO4. The molecule has 0 saturated heterocycles. The molecule has 0 unspecified atom stereocenters. The number of nitrogens with one attached hydrogen (secondary N) is 1. The molecule has 3 rings (SSSR count). The SMILES string of the molecule is CC[C@@H](Oc1ccccc1Cl)C(=O)NC[C@@H]1COc2ccccc2O1. The lowest BCUT2D eigenvalue weighted by molar-refractivity contribution is -0.128. The molecule has 5 nitrogen and oxygen atoms in total. The van der Waals surface area contributed by atoms with E-state index in [1.165, 1.54) is 0 Å². The Morgan fingerprint density at radius 2 is 1.96 bits per heavy atom.